The van der Waals surface area contributed by atoms with Crippen LogP contribution in [0.5, 0.6) is 0 Å². The molecule has 0 aliphatic heterocycles. The van der Waals surface area contributed by atoms with E-state index in [0.717, 1.165) is 5.56 Å². The minimum Gasteiger partial charge on any atom is -0.457 e. The first kappa shape index (κ1) is 14.3. The van der Waals surface area contributed by atoms with E-state index >= 15 is 0 Å². The quantitative estimate of drug-likeness (QED) is 0.693. The van der Waals surface area contributed by atoms with Gasteiger partial charge >= 0.3 is 5.97 Å². The van der Waals surface area contributed by atoms with E-state index in [0.29, 0.717) is 16.3 Å². The zero-order valence-corrected chi connectivity index (χ0v) is 11.6. The highest BCUT2D eigenvalue weighted by molar-refractivity contribution is 6.30. The molecular weight excluding hydrogens is 281 g/mol. The predicted molar refractivity (Wildman–Crippen MR) is 76.1 cm³/mol. The van der Waals surface area contributed by atoms with Crippen LogP contribution in [-0.4, -0.2) is 5.97 Å². The number of nitrogens with two attached hydrogens (primary N) is 1. The lowest BCUT2D eigenvalue weighted by Gasteiger charge is -2.08. The van der Waals surface area contributed by atoms with Gasteiger partial charge in [0, 0.05) is 16.3 Å². The fourth-order valence-corrected chi connectivity index (χ4v) is 1.88. The Labute approximate surface area is 121 Å². The Kier molecular flexibility index (Phi) is 4.25. The van der Waals surface area contributed by atoms with Gasteiger partial charge in [-0.05, 0) is 48.9 Å². The maximum absolute atomic E-state index is 13.5. The highest BCUT2D eigenvalue weighted by Gasteiger charge is 2.10. The van der Waals surface area contributed by atoms with E-state index < -0.39 is 11.8 Å². The number of esters is 1. The summed E-state index contributed by atoms with van der Waals surface area (Å²) in [7, 11) is 0. The molecule has 0 aromatic heterocycles. The number of carbonyl (C=O) groups excluding carboxylic acids is 1. The Balaban J connectivity index is 2.08. The molecule has 2 aromatic carbocycles. The average Bonchev–Trinajstić information content (AvgIpc) is 2.42. The average molecular weight is 294 g/mol. The van der Waals surface area contributed by atoms with Gasteiger partial charge in [0.1, 0.15) is 12.4 Å². The summed E-state index contributed by atoms with van der Waals surface area (Å²) < 4.78 is 18.5. The monoisotopic (exact) mass is 293 g/mol. The van der Waals surface area contributed by atoms with E-state index in [1.807, 2.05) is 0 Å². The van der Waals surface area contributed by atoms with Crippen molar-refractivity contribution < 1.29 is 13.9 Å². The maximum Gasteiger partial charge on any atom is 0.338 e. The van der Waals surface area contributed by atoms with Crippen molar-refractivity contribution in [1.82, 2.24) is 0 Å². The summed E-state index contributed by atoms with van der Waals surface area (Å²) in [6, 6.07) is 8.93. The van der Waals surface area contributed by atoms with Crippen LogP contribution in [0.4, 0.5) is 10.1 Å². The predicted octanol–water partition coefficient (Wildman–Crippen LogP) is 3.73. The van der Waals surface area contributed by atoms with E-state index in [1.165, 1.54) is 18.2 Å². The van der Waals surface area contributed by atoms with Crippen LogP contribution < -0.4 is 5.73 Å². The number of hydrogen-bond donors (Lipinski definition) is 1. The van der Waals surface area contributed by atoms with Crippen LogP contribution in [0.3, 0.4) is 0 Å². The lowest BCUT2D eigenvalue weighted by Crippen LogP contribution is -2.07. The van der Waals surface area contributed by atoms with Crippen molar-refractivity contribution in [2.45, 2.75) is 13.5 Å². The SMILES string of the molecule is Cc1cc(C(=O)OCc2cc(Cl)ccc2F)ccc1N. The molecule has 0 spiro atoms. The van der Waals surface area contributed by atoms with E-state index in [4.69, 9.17) is 22.1 Å². The fraction of sp³-hybridized carbons (Fsp3) is 0.133. The number of carbonyl (C=O) groups is 1. The Bertz CT molecular complexity index is 658. The van der Waals surface area contributed by atoms with Gasteiger partial charge in [-0.25, -0.2) is 9.18 Å². The van der Waals surface area contributed by atoms with Gasteiger partial charge in [-0.3, -0.25) is 0 Å². The van der Waals surface area contributed by atoms with Crippen LogP contribution in [0.25, 0.3) is 0 Å². The van der Waals surface area contributed by atoms with Gasteiger partial charge in [-0.15, -0.1) is 0 Å². The second-order valence-corrected chi connectivity index (χ2v) is 4.82. The molecule has 0 heterocycles. The molecule has 0 aliphatic carbocycles. The molecule has 0 saturated heterocycles. The smallest absolute Gasteiger partial charge is 0.338 e. The maximum atomic E-state index is 13.5. The molecule has 2 aromatic rings. The highest BCUT2D eigenvalue weighted by Crippen LogP contribution is 2.17. The largest absolute Gasteiger partial charge is 0.457 e. The number of halogens is 2. The Morgan fingerprint density at radius 3 is 2.75 bits per heavy atom. The second-order valence-electron chi connectivity index (χ2n) is 4.38. The molecule has 0 radical (unpaired) electrons. The van der Waals surface area contributed by atoms with Crippen LogP contribution in [0.2, 0.25) is 5.02 Å². The molecule has 0 aliphatic rings. The summed E-state index contributed by atoms with van der Waals surface area (Å²) in [6.07, 6.45) is 0. The summed E-state index contributed by atoms with van der Waals surface area (Å²) in [5, 5.41) is 0.390. The van der Waals surface area contributed by atoms with E-state index in [2.05, 4.69) is 0 Å². The minimum absolute atomic E-state index is 0.172. The van der Waals surface area contributed by atoms with Crippen molar-refractivity contribution in [1.29, 1.82) is 0 Å². The summed E-state index contributed by atoms with van der Waals surface area (Å²) in [4.78, 5) is 11.9. The number of hydrogen-bond acceptors (Lipinski definition) is 3. The number of rotatable bonds is 3. The molecule has 0 atom stereocenters. The molecule has 2 N–H and O–H groups in total. The third-order valence-electron chi connectivity index (χ3n) is 2.87. The molecule has 5 heteroatoms. The van der Waals surface area contributed by atoms with Gasteiger partial charge in [0.2, 0.25) is 0 Å². The van der Waals surface area contributed by atoms with Crippen molar-refractivity contribution in [2.24, 2.45) is 0 Å². The Morgan fingerprint density at radius 1 is 1.30 bits per heavy atom. The van der Waals surface area contributed by atoms with Crippen LogP contribution in [0, 0.1) is 12.7 Å². The third-order valence-corrected chi connectivity index (χ3v) is 3.11. The van der Waals surface area contributed by atoms with E-state index in [9.17, 15) is 9.18 Å². The lowest BCUT2D eigenvalue weighted by atomic mass is 10.1. The zero-order valence-electron chi connectivity index (χ0n) is 10.8. The number of aryl methyl sites for hydroxylation is 1. The summed E-state index contributed by atoms with van der Waals surface area (Å²) in [6.45, 7) is 1.62. The molecule has 0 amide bonds. The van der Waals surface area contributed by atoms with Crippen LogP contribution >= 0.6 is 11.6 Å². The van der Waals surface area contributed by atoms with Gasteiger partial charge in [0.25, 0.3) is 0 Å². The fourth-order valence-electron chi connectivity index (χ4n) is 1.68. The van der Waals surface area contributed by atoms with Crippen LogP contribution in [0.15, 0.2) is 36.4 Å². The first-order chi connectivity index (χ1) is 9.47. The van der Waals surface area contributed by atoms with Crippen molar-refractivity contribution in [3.8, 4) is 0 Å². The molecule has 0 fully saturated rings. The Morgan fingerprint density at radius 2 is 2.05 bits per heavy atom. The number of nitrogen functional groups attached to an aromatic ring is 1. The van der Waals surface area contributed by atoms with Gasteiger partial charge in [0.05, 0.1) is 5.56 Å². The highest BCUT2D eigenvalue weighted by atomic mass is 35.5. The van der Waals surface area contributed by atoms with Gasteiger partial charge < -0.3 is 10.5 Å². The zero-order chi connectivity index (χ0) is 14.7. The van der Waals surface area contributed by atoms with Gasteiger partial charge in [-0.2, -0.15) is 0 Å². The minimum atomic E-state index is -0.535. The van der Waals surface area contributed by atoms with Crippen molar-refractivity contribution in [3.63, 3.8) is 0 Å². The lowest BCUT2D eigenvalue weighted by molar-refractivity contribution is 0.0469. The molecule has 20 heavy (non-hydrogen) atoms. The van der Waals surface area contributed by atoms with Crippen molar-refractivity contribution in [3.05, 3.63) is 63.9 Å². The number of benzene rings is 2. The first-order valence-electron chi connectivity index (χ1n) is 5.94. The molecule has 0 unspecified atom stereocenters. The number of ether oxygens (including phenoxy) is 1. The molecule has 0 saturated carbocycles. The molecule has 3 nitrogen and oxygen atoms in total. The van der Waals surface area contributed by atoms with Crippen molar-refractivity contribution in [2.75, 3.05) is 5.73 Å². The standard InChI is InChI=1S/C15H13ClFNO2/c1-9-6-10(2-5-14(9)18)15(19)20-8-11-7-12(16)3-4-13(11)17/h2-7H,8,18H2,1H3. The summed E-state index contributed by atoms with van der Waals surface area (Å²) >= 11 is 5.77. The first-order valence-corrected chi connectivity index (χ1v) is 6.32. The normalized spacial score (nSPS) is 10.3. The molecule has 104 valence electrons. The topological polar surface area (TPSA) is 52.3 Å². The molecule has 0 bridgehead atoms. The summed E-state index contributed by atoms with van der Waals surface area (Å²) in [5.41, 5.74) is 7.67. The van der Waals surface area contributed by atoms with Crippen LogP contribution in [0.1, 0.15) is 21.5 Å². The Hall–Kier alpha value is -2.07. The van der Waals surface area contributed by atoms with E-state index in [-0.39, 0.29) is 12.2 Å². The third kappa shape index (κ3) is 3.27. The molecule has 2 rings (SSSR count). The second kappa shape index (κ2) is 5.92. The van der Waals surface area contributed by atoms with Crippen molar-refractivity contribution >= 4 is 23.3 Å². The van der Waals surface area contributed by atoms with Gasteiger partial charge in [-0.1, -0.05) is 11.6 Å². The van der Waals surface area contributed by atoms with Crippen LogP contribution in [-0.2, 0) is 11.3 Å². The summed E-state index contributed by atoms with van der Waals surface area (Å²) in [5.74, 6) is -0.997. The molecular formula is C15H13ClFNO2. The van der Waals surface area contributed by atoms with Gasteiger partial charge in [0.15, 0.2) is 0 Å². The number of anilines is 1. The van der Waals surface area contributed by atoms with E-state index in [1.54, 1.807) is 25.1 Å².